The van der Waals surface area contributed by atoms with Crippen molar-refractivity contribution >= 4 is 22.8 Å². The average molecular weight is 406 g/mol. The van der Waals surface area contributed by atoms with Crippen molar-refractivity contribution in [3.05, 3.63) is 65.0 Å². The van der Waals surface area contributed by atoms with Crippen LogP contribution in [0.3, 0.4) is 0 Å². The zero-order valence-electron chi connectivity index (χ0n) is 16.5. The summed E-state index contributed by atoms with van der Waals surface area (Å²) in [6, 6.07) is 15.6. The first-order valence-corrected chi connectivity index (χ1v) is 9.84. The lowest BCUT2D eigenvalue weighted by Crippen LogP contribution is -2.48. The van der Waals surface area contributed by atoms with E-state index in [0.29, 0.717) is 24.3 Å². The van der Waals surface area contributed by atoms with E-state index in [1.807, 2.05) is 30.3 Å². The number of fused-ring (bicyclic) bond motifs is 1. The van der Waals surface area contributed by atoms with Crippen molar-refractivity contribution in [1.82, 2.24) is 4.90 Å². The molecule has 1 aromatic heterocycles. The zero-order valence-corrected chi connectivity index (χ0v) is 16.5. The molecule has 4 rings (SSSR count). The van der Waals surface area contributed by atoms with Crippen LogP contribution in [0.2, 0.25) is 0 Å². The van der Waals surface area contributed by atoms with E-state index >= 15 is 0 Å². The van der Waals surface area contributed by atoms with E-state index in [1.165, 1.54) is 11.0 Å². The summed E-state index contributed by atoms with van der Waals surface area (Å²) >= 11 is 0. The maximum Gasteiger partial charge on any atom is 0.336 e. The van der Waals surface area contributed by atoms with Crippen LogP contribution < -0.4 is 16.1 Å². The molecule has 7 heteroatoms. The first-order chi connectivity index (χ1) is 14.4. The molecule has 30 heavy (non-hydrogen) atoms. The number of rotatable bonds is 5. The summed E-state index contributed by atoms with van der Waals surface area (Å²) in [6.45, 7) is 2.10. The van der Waals surface area contributed by atoms with Crippen LogP contribution >= 0.6 is 0 Å². The fraction of sp³-hybridized carbons (Fsp3) is 0.261. The molecule has 0 radical (unpaired) electrons. The third-order valence-electron chi connectivity index (χ3n) is 5.33. The molecule has 154 valence electrons. The summed E-state index contributed by atoms with van der Waals surface area (Å²) in [5.41, 5.74) is 6.97. The Bertz CT molecular complexity index is 1160. The second-order valence-corrected chi connectivity index (χ2v) is 7.36. The number of carbonyl (C=O) groups excluding carboxylic acids is 2. The quantitative estimate of drug-likeness (QED) is 0.656. The summed E-state index contributed by atoms with van der Waals surface area (Å²) in [7, 11) is 0. The molecule has 0 aliphatic carbocycles. The number of ether oxygens (including phenoxy) is 1. The Kier molecular flexibility index (Phi) is 5.27. The monoisotopic (exact) mass is 406 g/mol. The van der Waals surface area contributed by atoms with Gasteiger partial charge in [-0.2, -0.15) is 0 Å². The number of nitrogens with two attached hydrogens (primary N) is 1. The molecule has 1 fully saturated rings. The molecule has 1 unspecified atom stereocenters. The van der Waals surface area contributed by atoms with Gasteiger partial charge in [-0.1, -0.05) is 30.3 Å². The first kappa shape index (κ1) is 19.7. The minimum Gasteiger partial charge on any atom is -0.481 e. The summed E-state index contributed by atoms with van der Waals surface area (Å²) < 4.78 is 11.2. The number of hydrogen-bond donors (Lipinski definition) is 1. The fourth-order valence-electron chi connectivity index (χ4n) is 3.89. The molecule has 0 spiro atoms. The largest absolute Gasteiger partial charge is 0.481 e. The molecule has 2 heterocycles. The smallest absolute Gasteiger partial charge is 0.336 e. The van der Waals surface area contributed by atoms with Gasteiger partial charge in [-0.15, -0.1) is 0 Å². The van der Waals surface area contributed by atoms with Gasteiger partial charge in [-0.05, 0) is 43.0 Å². The van der Waals surface area contributed by atoms with Crippen LogP contribution in [0, 0.1) is 0 Å². The number of likely N-dealkylation sites (tertiary alicyclic amines) is 1. The Morgan fingerprint density at radius 3 is 2.67 bits per heavy atom. The molecule has 0 bridgehead atoms. The summed E-state index contributed by atoms with van der Waals surface area (Å²) in [5.74, 6) is -0.406. The molecular formula is C23H22N2O5. The van der Waals surface area contributed by atoms with Gasteiger partial charge in [-0.3, -0.25) is 9.59 Å². The van der Waals surface area contributed by atoms with E-state index < -0.39 is 23.7 Å². The van der Waals surface area contributed by atoms with Crippen LogP contribution in [0.5, 0.6) is 5.75 Å². The Morgan fingerprint density at radius 1 is 1.17 bits per heavy atom. The molecule has 7 nitrogen and oxygen atoms in total. The van der Waals surface area contributed by atoms with E-state index in [9.17, 15) is 14.4 Å². The lowest BCUT2D eigenvalue weighted by atomic mass is 10.0. The van der Waals surface area contributed by atoms with E-state index in [2.05, 4.69) is 0 Å². The van der Waals surface area contributed by atoms with Crippen molar-refractivity contribution in [2.45, 2.75) is 31.9 Å². The Labute approximate surface area is 173 Å². The first-order valence-electron chi connectivity index (χ1n) is 9.84. The van der Waals surface area contributed by atoms with Gasteiger partial charge in [0.2, 0.25) is 5.91 Å². The van der Waals surface area contributed by atoms with Crippen LogP contribution in [0.4, 0.5) is 0 Å². The third kappa shape index (κ3) is 3.78. The number of nitrogens with zero attached hydrogens (tertiary/aromatic N) is 1. The van der Waals surface area contributed by atoms with E-state index in [1.54, 1.807) is 25.1 Å². The molecule has 0 saturated carbocycles. The van der Waals surface area contributed by atoms with Gasteiger partial charge in [0.1, 0.15) is 17.4 Å². The number of carbonyl (C=O) groups is 2. The SMILES string of the molecule is CC(Oc1ccc2c(-c3ccccc3)cc(=O)oc2c1)C(=O)N1CCC[C@@H]1C(N)=O. The molecule has 1 aliphatic heterocycles. The van der Waals surface area contributed by atoms with Gasteiger partial charge in [0, 0.05) is 24.1 Å². The van der Waals surface area contributed by atoms with Gasteiger partial charge in [-0.25, -0.2) is 4.79 Å². The van der Waals surface area contributed by atoms with Crippen LogP contribution in [0.1, 0.15) is 19.8 Å². The minimum absolute atomic E-state index is 0.295. The van der Waals surface area contributed by atoms with Crippen LogP contribution in [0.25, 0.3) is 22.1 Å². The molecule has 1 aliphatic rings. The second kappa shape index (κ2) is 8.02. The van der Waals surface area contributed by atoms with Gasteiger partial charge in [0.25, 0.3) is 5.91 Å². The van der Waals surface area contributed by atoms with Gasteiger partial charge in [0.05, 0.1) is 0 Å². The minimum atomic E-state index is -0.813. The van der Waals surface area contributed by atoms with Crippen molar-refractivity contribution in [3.8, 4) is 16.9 Å². The molecule has 3 aromatic rings. The number of primary amides is 1. The van der Waals surface area contributed by atoms with Crippen molar-refractivity contribution in [1.29, 1.82) is 0 Å². The summed E-state index contributed by atoms with van der Waals surface area (Å²) in [6.07, 6.45) is 0.485. The fourth-order valence-corrected chi connectivity index (χ4v) is 3.89. The zero-order chi connectivity index (χ0) is 21.3. The Balaban J connectivity index is 1.60. The Morgan fingerprint density at radius 2 is 1.93 bits per heavy atom. The predicted molar refractivity (Wildman–Crippen MR) is 112 cm³/mol. The lowest BCUT2D eigenvalue weighted by Gasteiger charge is -2.25. The predicted octanol–water partition coefficient (Wildman–Crippen LogP) is 2.70. The molecule has 2 aromatic carbocycles. The van der Waals surface area contributed by atoms with Crippen molar-refractivity contribution in [3.63, 3.8) is 0 Å². The number of benzene rings is 2. The van der Waals surface area contributed by atoms with Crippen molar-refractivity contribution < 1.29 is 18.7 Å². The average Bonchev–Trinajstić information content (AvgIpc) is 3.23. The van der Waals surface area contributed by atoms with E-state index in [-0.39, 0.29) is 5.91 Å². The number of hydrogen-bond acceptors (Lipinski definition) is 5. The Hall–Kier alpha value is -3.61. The highest BCUT2D eigenvalue weighted by atomic mass is 16.5. The molecule has 2 N–H and O–H groups in total. The highest BCUT2D eigenvalue weighted by Crippen LogP contribution is 2.30. The van der Waals surface area contributed by atoms with Crippen LogP contribution in [0.15, 0.2) is 63.8 Å². The highest BCUT2D eigenvalue weighted by molar-refractivity contribution is 5.94. The molecule has 2 atom stereocenters. The van der Waals surface area contributed by atoms with Crippen LogP contribution in [-0.4, -0.2) is 35.4 Å². The van der Waals surface area contributed by atoms with Gasteiger partial charge in [0.15, 0.2) is 6.10 Å². The second-order valence-electron chi connectivity index (χ2n) is 7.36. The molecular weight excluding hydrogens is 384 g/mol. The van der Waals surface area contributed by atoms with E-state index in [4.69, 9.17) is 14.9 Å². The maximum absolute atomic E-state index is 12.7. The third-order valence-corrected chi connectivity index (χ3v) is 5.33. The summed E-state index contributed by atoms with van der Waals surface area (Å²) in [4.78, 5) is 37.9. The topological polar surface area (TPSA) is 103 Å². The summed E-state index contributed by atoms with van der Waals surface area (Å²) in [5, 5.41) is 0.764. The van der Waals surface area contributed by atoms with Crippen LogP contribution in [-0.2, 0) is 9.59 Å². The van der Waals surface area contributed by atoms with Crippen molar-refractivity contribution in [2.75, 3.05) is 6.54 Å². The lowest BCUT2D eigenvalue weighted by molar-refractivity contribution is -0.142. The van der Waals surface area contributed by atoms with Crippen molar-refractivity contribution in [2.24, 2.45) is 5.73 Å². The van der Waals surface area contributed by atoms with Gasteiger partial charge < -0.3 is 19.8 Å². The molecule has 1 saturated heterocycles. The normalized spacial score (nSPS) is 17.1. The highest BCUT2D eigenvalue weighted by Gasteiger charge is 2.35. The maximum atomic E-state index is 12.7. The standard InChI is InChI=1S/C23H22N2O5/c1-14(23(28)25-11-5-8-19(25)22(24)27)29-16-9-10-17-18(15-6-3-2-4-7-15)13-21(26)30-20(17)12-16/h2-4,6-7,9-10,12-14,19H,5,8,11H2,1H3,(H2,24,27)/t14?,19-/m1/s1. The molecule has 2 amide bonds. The van der Waals surface area contributed by atoms with Gasteiger partial charge >= 0.3 is 5.63 Å². The van der Waals surface area contributed by atoms with E-state index in [0.717, 1.165) is 22.9 Å². The number of amides is 2.